The van der Waals surface area contributed by atoms with Crippen LogP contribution in [0.1, 0.15) is 40.0 Å². The van der Waals surface area contributed by atoms with E-state index >= 15 is 0 Å². The molecule has 0 unspecified atom stereocenters. The normalized spacial score (nSPS) is 33.7. The number of carbonyl (C=O) groups is 2. The zero-order valence-electron chi connectivity index (χ0n) is 13.3. The Labute approximate surface area is 130 Å². The third kappa shape index (κ3) is 2.40. The smallest absolute Gasteiger partial charge is 0.410 e. The summed E-state index contributed by atoms with van der Waals surface area (Å²) >= 11 is 0. The van der Waals surface area contributed by atoms with Crippen LogP contribution in [-0.2, 0) is 14.3 Å². The van der Waals surface area contributed by atoms with Gasteiger partial charge in [0.15, 0.2) is 5.54 Å². The highest BCUT2D eigenvalue weighted by molar-refractivity contribution is 6.05. The number of hydrogen-bond donors (Lipinski definition) is 0. The molecule has 1 saturated heterocycles. The molecule has 2 aliphatic heterocycles. The summed E-state index contributed by atoms with van der Waals surface area (Å²) in [7, 11) is 0. The number of esters is 1. The van der Waals surface area contributed by atoms with Crippen LogP contribution >= 0.6 is 0 Å². The molecule has 3 atom stereocenters. The quantitative estimate of drug-likeness (QED) is 0.580. The van der Waals surface area contributed by atoms with E-state index in [-0.39, 0.29) is 24.0 Å². The van der Waals surface area contributed by atoms with Crippen LogP contribution in [0.2, 0.25) is 0 Å². The van der Waals surface area contributed by atoms with Crippen molar-refractivity contribution in [2.24, 2.45) is 10.9 Å². The van der Waals surface area contributed by atoms with Crippen LogP contribution in [0.15, 0.2) is 17.6 Å². The minimum Gasteiger partial charge on any atom is -0.444 e. The molecule has 1 amide bonds. The van der Waals surface area contributed by atoms with Gasteiger partial charge in [-0.05, 0) is 40.0 Å². The summed E-state index contributed by atoms with van der Waals surface area (Å²) in [5.74, 6) is 0.0926. The lowest BCUT2D eigenvalue weighted by Gasteiger charge is -2.27. The first-order valence-corrected chi connectivity index (χ1v) is 7.71. The van der Waals surface area contributed by atoms with Crippen molar-refractivity contribution >= 4 is 18.0 Å². The number of carbonyl (C=O) groups excluding carboxylic acids is 2. The molecule has 0 N–H and O–H groups in total. The Morgan fingerprint density at radius 3 is 2.86 bits per heavy atom. The van der Waals surface area contributed by atoms with Gasteiger partial charge in [-0.25, -0.2) is 14.6 Å². The zero-order valence-corrected chi connectivity index (χ0v) is 13.3. The van der Waals surface area contributed by atoms with Gasteiger partial charge in [-0.3, -0.25) is 4.90 Å². The van der Waals surface area contributed by atoms with Crippen LogP contribution in [-0.4, -0.2) is 46.6 Å². The van der Waals surface area contributed by atoms with Crippen molar-refractivity contribution in [3.05, 3.63) is 12.7 Å². The lowest BCUT2D eigenvalue weighted by molar-refractivity contribution is -0.136. The number of hydrogen-bond acceptors (Lipinski definition) is 5. The summed E-state index contributed by atoms with van der Waals surface area (Å²) in [4.78, 5) is 30.5. The van der Waals surface area contributed by atoms with Gasteiger partial charge in [0.2, 0.25) is 5.90 Å². The lowest BCUT2D eigenvalue weighted by Crippen LogP contribution is -2.43. The van der Waals surface area contributed by atoms with Crippen LogP contribution < -0.4 is 0 Å². The minimum atomic E-state index is -0.765. The fourth-order valence-corrected chi connectivity index (χ4v) is 3.07. The third-order valence-corrected chi connectivity index (χ3v) is 4.30. The first kappa shape index (κ1) is 15.1. The average Bonchev–Trinajstić information content (AvgIpc) is 2.77. The molecule has 1 aliphatic carbocycles. The number of amides is 1. The highest BCUT2D eigenvalue weighted by Crippen LogP contribution is 2.52. The summed E-state index contributed by atoms with van der Waals surface area (Å²) in [6, 6.07) is -0.302. The highest BCUT2D eigenvalue weighted by Gasteiger charge is 2.64. The Morgan fingerprint density at radius 1 is 1.55 bits per heavy atom. The number of rotatable bonds is 2. The van der Waals surface area contributed by atoms with Crippen LogP contribution in [0.25, 0.3) is 0 Å². The van der Waals surface area contributed by atoms with Crippen molar-refractivity contribution < 1.29 is 19.1 Å². The summed E-state index contributed by atoms with van der Waals surface area (Å²) in [5.41, 5.74) is -1.32. The molecule has 0 aromatic heterocycles. The molecule has 3 aliphatic rings. The molecule has 0 aromatic carbocycles. The fraction of sp³-hybridized carbons (Fsp3) is 0.688. The fourth-order valence-electron chi connectivity index (χ4n) is 3.07. The van der Waals surface area contributed by atoms with Gasteiger partial charge in [0, 0.05) is 12.5 Å². The van der Waals surface area contributed by atoms with Gasteiger partial charge in [-0.1, -0.05) is 6.08 Å². The van der Waals surface area contributed by atoms with E-state index in [1.54, 1.807) is 11.0 Å². The van der Waals surface area contributed by atoms with Gasteiger partial charge in [-0.15, -0.1) is 6.58 Å². The molecule has 3 rings (SSSR count). The summed E-state index contributed by atoms with van der Waals surface area (Å²) < 4.78 is 10.8. The van der Waals surface area contributed by atoms with Gasteiger partial charge in [-0.2, -0.15) is 0 Å². The number of nitrogens with zero attached hydrogens (tertiary/aromatic N) is 2. The molecule has 0 bridgehead atoms. The van der Waals surface area contributed by atoms with Crippen LogP contribution in [0.5, 0.6) is 0 Å². The third-order valence-electron chi connectivity index (χ3n) is 4.30. The Kier molecular flexibility index (Phi) is 3.30. The Balaban J connectivity index is 1.76. The molecular weight excluding hydrogens is 284 g/mol. The SMILES string of the molecule is C=C[C@H]1C[C@@]12N=C([C@@H]1CCCN1C(=O)OC(C)(C)C)OC2=O. The van der Waals surface area contributed by atoms with Gasteiger partial charge >= 0.3 is 12.1 Å². The Hall–Kier alpha value is -1.85. The Morgan fingerprint density at radius 2 is 2.27 bits per heavy atom. The molecule has 0 radical (unpaired) electrons. The van der Waals surface area contributed by atoms with E-state index in [2.05, 4.69) is 11.6 Å². The maximum Gasteiger partial charge on any atom is 0.410 e. The molecule has 1 spiro atoms. The Bertz CT molecular complexity index is 563. The summed E-state index contributed by atoms with van der Waals surface area (Å²) in [5, 5.41) is 0. The van der Waals surface area contributed by atoms with Crippen molar-refractivity contribution in [1.29, 1.82) is 0 Å². The van der Waals surface area contributed by atoms with Gasteiger partial charge in [0.25, 0.3) is 0 Å². The lowest BCUT2D eigenvalue weighted by atomic mass is 10.2. The molecule has 2 fully saturated rings. The number of ether oxygens (including phenoxy) is 2. The monoisotopic (exact) mass is 306 g/mol. The van der Waals surface area contributed by atoms with Crippen LogP contribution in [0.4, 0.5) is 4.79 Å². The summed E-state index contributed by atoms with van der Waals surface area (Å²) in [6.45, 7) is 9.80. The van der Waals surface area contributed by atoms with E-state index in [1.807, 2.05) is 20.8 Å². The van der Waals surface area contributed by atoms with Crippen molar-refractivity contribution in [2.75, 3.05) is 6.54 Å². The largest absolute Gasteiger partial charge is 0.444 e. The van der Waals surface area contributed by atoms with E-state index in [0.717, 1.165) is 12.8 Å². The predicted octanol–water partition coefficient (Wildman–Crippen LogP) is 2.29. The molecule has 6 nitrogen and oxygen atoms in total. The van der Waals surface area contributed by atoms with Gasteiger partial charge in [0.05, 0.1) is 0 Å². The van der Waals surface area contributed by atoms with E-state index in [0.29, 0.717) is 18.9 Å². The molecule has 0 aromatic rings. The average molecular weight is 306 g/mol. The molecule has 120 valence electrons. The number of cyclic esters (lactones) is 1. The zero-order chi connectivity index (χ0) is 16.1. The van der Waals surface area contributed by atoms with Crippen molar-refractivity contribution in [3.63, 3.8) is 0 Å². The summed E-state index contributed by atoms with van der Waals surface area (Å²) in [6.07, 6.45) is 3.59. The van der Waals surface area contributed by atoms with E-state index < -0.39 is 11.1 Å². The van der Waals surface area contributed by atoms with Gasteiger partial charge in [0.1, 0.15) is 11.6 Å². The van der Waals surface area contributed by atoms with Crippen molar-refractivity contribution in [3.8, 4) is 0 Å². The van der Waals surface area contributed by atoms with E-state index in [4.69, 9.17) is 9.47 Å². The molecule has 6 heteroatoms. The topological polar surface area (TPSA) is 68.2 Å². The molecule has 2 heterocycles. The van der Waals surface area contributed by atoms with Gasteiger partial charge < -0.3 is 9.47 Å². The number of aliphatic imine (C=N–C) groups is 1. The van der Waals surface area contributed by atoms with Crippen LogP contribution in [0, 0.1) is 5.92 Å². The molecular formula is C16H22N2O4. The van der Waals surface area contributed by atoms with Crippen LogP contribution in [0.3, 0.4) is 0 Å². The van der Waals surface area contributed by atoms with Crippen molar-refractivity contribution in [2.45, 2.75) is 57.2 Å². The number of likely N-dealkylation sites (tertiary alicyclic amines) is 1. The predicted molar refractivity (Wildman–Crippen MR) is 80.5 cm³/mol. The first-order chi connectivity index (χ1) is 10.3. The maximum atomic E-state index is 12.3. The second-order valence-electron chi connectivity index (χ2n) is 7.14. The highest BCUT2D eigenvalue weighted by atomic mass is 16.6. The van der Waals surface area contributed by atoms with Crippen molar-refractivity contribution in [1.82, 2.24) is 4.90 Å². The standard InChI is InChI=1S/C16H22N2O4/c1-5-10-9-16(10)13(19)21-12(17-16)11-7-6-8-18(11)14(20)22-15(2,3)4/h5,10-11H,1,6-9H2,2-4H3/t10-,11-,16+/m0/s1. The maximum absolute atomic E-state index is 12.3. The minimum absolute atomic E-state index is 0.0499. The second-order valence-corrected chi connectivity index (χ2v) is 7.14. The molecule has 1 saturated carbocycles. The molecule has 22 heavy (non-hydrogen) atoms. The van der Waals surface area contributed by atoms with E-state index in [9.17, 15) is 9.59 Å². The van der Waals surface area contributed by atoms with E-state index in [1.165, 1.54) is 0 Å². The first-order valence-electron chi connectivity index (χ1n) is 7.71. The second kappa shape index (κ2) is 4.83.